The predicted octanol–water partition coefficient (Wildman–Crippen LogP) is 1.13. The molecule has 0 aromatic carbocycles. The third kappa shape index (κ3) is 2.64. The first-order valence-electron chi connectivity index (χ1n) is 5.26. The van der Waals surface area contributed by atoms with Crippen molar-refractivity contribution in [1.29, 1.82) is 0 Å². The van der Waals surface area contributed by atoms with Crippen LogP contribution in [-0.4, -0.2) is 29.0 Å². The number of nitrogens with two attached hydrogens (primary N) is 1. The molecule has 0 radical (unpaired) electrons. The lowest BCUT2D eigenvalue weighted by molar-refractivity contribution is -0.125. The molecule has 1 fully saturated rings. The molecule has 0 aromatic heterocycles. The highest BCUT2D eigenvalue weighted by atomic mass is 32.2. The van der Waals surface area contributed by atoms with E-state index in [4.69, 9.17) is 5.73 Å². The van der Waals surface area contributed by atoms with Crippen LogP contribution in [0.15, 0.2) is 0 Å². The first-order chi connectivity index (χ1) is 6.60. The van der Waals surface area contributed by atoms with E-state index < -0.39 is 5.54 Å². The minimum Gasteiger partial charge on any atom is -0.368 e. The Morgan fingerprint density at radius 2 is 2.14 bits per heavy atom. The molecule has 1 amide bonds. The first kappa shape index (κ1) is 11.9. The van der Waals surface area contributed by atoms with Gasteiger partial charge in [0, 0.05) is 6.04 Å². The Hall–Kier alpha value is -0.220. The lowest BCUT2D eigenvalue weighted by atomic mass is 9.90. The summed E-state index contributed by atoms with van der Waals surface area (Å²) >= 11 is 1.90. The first-order valence-corrected chi connectivity index (χ1v) is 6.41. The molecule has 1 atom stereocenters. The fourth-order valence-corrected chi connectivity index (χ4v) is 2.95. The van der Waals surface area contributed by atoms with E-state index in [-0.39, 0.29) is 5.91 Å². The summed E-state index contributed by atoms with van der Waals surface area (Å²) in [5, 5.41) is 3.39. The minimum atomic E-state index is -0.430. The number of thioether (sulfide) groups is 1. The third-order valence-corrected chi connectivity index (χ3v) is 3.94. The van der Waals surface area contributed by atoms with Crippen molar-refractivity contribution in [2.45, 2.75) is 44.7 Å². The number of carbonyl (C=O) groups excluding carboxylic acids is 1. The summed E-state index contributed by atoms with van der Waals surface area (Å²) in [4.78, 5) is 11.5. The molecule has 0 bridgehead atoms. The molecule has 4 heteroatoms. The number of hydrogen-bond donors (Lipinski definition) is 2. The molecule has 1 rings (SSSR count). The van der Waals surface area contributed by atoms with Crippen LogP contribution in [0.5, 0.6) is 0 Å². The van der Waals surface area contributed by atoms with Gasteiger partial charge in [-0.05, 0) is 37.7 Å². The molecule has 82 valence electrons. The van der Waals surface area contributed by atoms with Gasteiger partial charge in [-0.3, -0.25) is 4.79 Å². The number of nitrogens with one attached hydrogen (secondary N) is 1. The molecular weight excluding hydrogens is 196 g/mol. The summed E-state index contributed by atoms with van der Waals surface area (Å²) in [6, 6.07) is 0.366. The highest BCUT2D eigenvalue weighted by molar-refractivity contribution is 7.99. The molecule has 0 aromatic rings. The van der Waals surface area contributed by atoms with E-state index in [2.05, 4.69) is 19.2 Å². The number of carbonyl (C=O) groups is 1. The fraction of sp³-hybridized carbons (Fsp3) is 0.900. The summed E-state index contributed by atoms with van der Waals surface area (Å²) in [6.07, 6.45) is 2.77. The van der Waals surface area contributed by atoms with Gasteiger partial charge in [0.25, 0.3) is 0 Å². The Labute approximate surface area is 90.2 Å². The zero-order chi connectivity index (χ0) is 10.6. The van der Waals surface area contributed by atoms with Crippen molar-refractivity contribution in [1.82, 2.24) is 5.32 Å². The Morgan fingerprint density at radius 3 is 2.57 bits per heavy atom. The SMILES string of the molecule is CCC(C)NC1(C(N)=O)CCSCC1. The molecule has 1 aliphatic rings. The lowest BCUT2D eigenvalue weighted by Crippen LogP contribution is -2.59. The Bertz CT molecular complexity index is 202. The van der Waals surface area contributed by atoms with Crippen LogP contribution in [0.3, 0.4) is 0 Å². The number of primary amides is 1. The Morgan fingerprint density at radius 1 is 1.57 bits per heavy atom. The molecule has 3 nitrogen and oxygen atoms in total. The second kappa shape index (κ2) is 5.03. The predicted molar refractivity (Wildman–Crippen MR) is 61.4 cm³/mol. The van der Waals surface area contributed by atoms with Crippen molar-refractivity contribution >= 4 is 17.7 Å². The molecule has 1 heterocycles. The summed E-state index contributed by atoms with van der Waals surface area (Å²) in [5.41, 5.74) is 5.06. The second-order valence-corrected chi connectivity index (χ2v) is 5.24. The normalized spacial score (nSPS) is 23.0. The molecule has 1 aliphatic heterocycles. The maximum Gasteiger partial charge on any atom is 0.237 e. The zero-order valence-electron chi connectivity index (χ0n) is 9.01. The molecule has 1 unspecified atom stereocenters. The number of amides is 1. The molecule has 14 heavy (non-hydrogen) atoms. The number of hydrogen-bond acceptors (Lipinski definition) is 3. The summed E-state index contributed by atoms with van der Waals surface area (Å²) in [6.45, 7) is 4.22. The van der Waals surface area contributed by atoms with Gasteiger partial charge in [0.1, 0.15) is 0 Å². The van der Waals surface area contributed by atoms with Gasteiger partial charge in [0.15, 0.2) is 0 Å². The minimum absolute atomic E-state index is 0.182. The van der Waals surface area contributed by atoms with E-state index in [1.54, 1.807) is 0 Å². The van der Waals surface area contributed by atoms with Gasteiger partial charge in [0.05, 0.1) is 5.54 Å². The topological polar surface area (TPSA) is 55.1 Å². The van der Waals surface area contributed by atoms with Gasteiger partial charge in [-0.25, -0.2) is 0 Å². The van der Waals surface area contributed by atoms with Gasteiger partial charge in [-0.15, -0.1) is 0 Å². The maximum absolute atomic E-state index is 11.5. The van der Waals surface area contributed by atoms with Crippen LogP contribution < -0.4 is 11.1 Å². The Kier molecular flexibility index (Phi) is 4.26. The van der Waals surface area contributed by atoms with E-state index in [0.717, 1.165) is 30.8 Å². The molecule has 0 saturated carbocycles. The summed E-state index contributed by atoms with van der Waals surface area (Å²) in [7, 11) is 0. The van der Waals surface area contributed by atoms with Crippen molar-refractivity contribution in [2.75, 3.05) is 11.5 Å². The van der Waals surface area contributed by atoms with Gasteiger partial charge >= 0.3 is 0 Å². The quantitative estimate of drug-likeness (QED) is 0.740. The zero-order valence-corrected chi connectivity index (χ0v) is 9.82. The fourth-order valence-electron chi connectivity index (χ4n) is 1.76. The second-order valence-electron chi connectivity index (χ2n) is 4.01. The molecular formula is C10H20N2OS. The van der Waals surface area contributed by atoms with Crippen LogP contribution in [0.2, 0.25) is 0 Å². The van der Waals surface area contributed by atoms with Crippen LogP contribution in [0.25, 0.3) is 0 Å². The standard InChI is InChI=1S/C10H20N2OS/c1-3-8(2)12-10(9(11)13)4-6-14-7-5-10/h8,12H,3-7H2,1-2H3,(H2,11,13). The summed E-state index contributed by atoms with van der Waals surface area (Å²) < 4.78 is 0. The average Bonchev–Trinajstić information content (AvgIpc) is 2.19. The van der Waals surface area contributed by atoms with Crippen LogP contribution in [0.1, 0.15) is 33.1 Å². The van der Waals surface area contributed by atoms with E-state index in [1.165, 1.54) is 0 Å². The maximum atomic E-state index is 11.5. The highest BCUT2D eigenvalue weighted by Crippen LogP contribution is 2.27. The Balaban J connectivity index is 2.65. The van der Waals surface area contributed by atoms with Crippen molar-refractivity contribution in [3.63, 3.8) is 0 Å². The van der Waals surface area contributed by atoms with Gasteiger partial charge in [-0.1, -0.05) is 6.92 Å². The smallest absolute Gasteiger partial charge is 0.237 e. The van der Waals surface area contributed by atoms with Gasteiger partial charge < -0.3 is 11.1 Å². The summed E-state index contributed by atoms with van der Waals surface area (Å²) in [5.74, 6) is 1.89. The van der Waals surface area contributed by atoms with Crippen LogP contribution >= 0.6 is 11.8 Å². The van der Waals surface area contributed by atoms with Crippen molar-refractivity contribution in [2.24, 2.45) is 5.73 Å². The monoisotopic (exact) mass is 216 g/mol. The number of rotatable bonds is 4. The molecule has 0 spiro atoms. The largest absolute Gasteiger partial charge is 0.368 e. The van der Waals surface area contributed by atoms with Crippen LogP contribution in [0.4, 0.5) is 0 Å². The van der Waals surface area contributed by atoms with Crippen molar-refractivity contribution in [3.05, 3.63) is 0 Å². The molecule has 3 N–H and O–H groups in total. The van der Waals surface area contributed by atoms with Gasteiger partial charge in [-0.2, -0.15) is 11.8 Å². The third-order valence-electron chi connectivity index (χ3n) is 2.95. The van der Waals surface area contributed by atoms with E-state index >= 15 is 0 Å². The van der Waals surface area contributed by atoms with Crippen molar-refractivity contribution in [3.8, 4) is 0 Å². The molecule has 1 saturated heterocycles. The van der Waals surface area contributed by atoms with Crippen LogP contribution in [-0.2, 0) is 4.79 Å². The van der Waals surface area contributed by atoms with E-state index in [1.807, 2.05) is 11.8 Å². The highest BCUT2D eigenvalue weighted by Gasteiger charge is 2.38. The van der Waals surface area contributed by atoms with E-state index in [0.29, 0.717) is 6.04 Å². The van der Waals surface area contributed by atoms with E-state index in [9.17, 15) is 4.79 Å². The van der Waals surface area contributed by atoms with Crippen molar-refractivity contribution < 1.29 is 4.79 Å². The van der Waals surface area contributed by atoms with Gasteiger partial charge in [0.2, 0.25) is 5.91 Å². The molecule has 0 aliphatic carbocycles. The average molecular weight is 216 g/mol. The van der Waals surface area contributed by atoms with Crippen LogP contribution in [0, 0.1) is 0 Å². The lowest BCUT2D eigenvalue weighted by Gasteiger charge is -2.37.